The van der Waals surface area contributed by atoms with Crippen LogP contribution >= 0.6 is 0 Å². The number of benzene rings is 2. The highest BCUT2D eigenvalue weighted by molar-refractivity contribution is 5.72. The highest BCUT2D eigenvalue weighted by atomic mass is 16.5. The predicted octanol–water partition coefficient (Wildman–Crippen LogP) is 3.18. The van der Waals surface area contributed by atoms with Crippen molar-refractivity contribution < 1.29 is 19.0 Å². The van der Waals surface area contributed by atoms with Crippen molar-refractivity contribution in [2.24, 2.45) is 5.18 Å². The summed E-state index contributed by atoms with van der Waals surface area (Å²) >= 11 is 0. The van der Waals surface area contributed by atoms with Gasteiger partial charge < -0.3 is 19.9 Å². The summed E-state index contributed by atoms with van der Waals surface area (Å²) < 4.78 is 15.6. The SMILES string of the molecule is COC(=O)Cc1ccc(Oc2ccc(N)cc2N=O)c(OC)c1. The molecule has 0 fully saturated rings. The first kappa shape index (κ1) is 16.3. The van der Waals surface area contributed by atoms with Crippen LogP contribution in [-0.2, 0) is 16.0 Å². The van der Waals surface area contributed by atoms with Crippen molar-refractivity contribution in [3.8, 4) is 17.2 Å². The van der Waals surface area contributed by atoms with E-state index in [1.807, 2.05) is 0 Å². The Balaban J connectivity index is 2.29. The van der Waals surface area contributed by atoms with E-state index in [0.717, 1.165) is 0 Å². The van der Waals surface area contributed by atoms with Crippen LogP contribution < -0.4 is 15.2 Å². The topological polar surface area (TPSA) is 100 Å². The molecular weight excluding hydrogens is 300 g/mol. The summed E-state index contributed by atoms with van der Waals surface area (Å²) in [6.07, 6.45) is 0.121. The molecule has 0 aromatic heterocycles. The summed E-state index contributed by atoms with van der Waals surface area (Å²) in [5, 5.41) is 2.89. The molecule has 7 heteroatoms. The lowest BCUT2D eigenvalue weighted by Gasteiger charge is -2.12. The molecule has 0 bridgehead atoms. The fourth-order valence-corrected chi connectivity index (χ4v) is 1.96. The zero-order valence-electron chi connectivity index (χ0n) is 12.7. The second-order valence-electron chi connectivity index (χ2n) is 4.66. The molecule has 7 nitrogen and oxygen atoms in total. The molecule has 2 aromatic rings. The Morgan fingerprint density at radius 2 is 1.83 bits per heavy atom. The van der Waals surface area contributed by atoms with Crippen LogP contribution in [0, 0.1) is 4.91 Å². The fourth-order valence-electron chi connectivity index (χ4n) is 1.96. The number of esters is 1. The van der Waals surface area contributed by atoms with E-state index in [2.05, 4.69) is 9.91 Å². The smallest absolute Gasteiger partial charge is 0.309 e. The van der Waals surface area contributed by atoms with Gasteiger partial charge in [-0.1, -0.05) is 6.07 Å². The van der Waals surface area contributed by atoms with Crippen molar-refractivity contribution in [2.75, 3.05) is 20.0 Å². The Hall–Kier alpha value is -3.09. The van der Waals surface area contributed by atoms with E-state index in [9.17, 15) is 9.70 Å². The van der Waals surface area contributed by atoms with Crippen LogP contribution in [0.3, 0.4) is 0 Å². The van der Waals surface area contributed by atoms with Crippen LogP contribution in [0.25, 0.3) is 0 Å². The van der Waals surface area contributed by atoms with Gasteiger partial charge in [-0.15, -0.1) is 4.91 Å². The summed E-state index contributed by atoms with van der Waals surface area (Å²) in [4.78, 5) is 22.2. The van der Waals surface area contributed by atoms with Crippen molar-refractivity contribution in [1.29, 1.82) is 0 Å². The molecule has 2 N–H and O–H groups in total. The van der Waals surface area contributed by atoms with Crippen LogP contribution in [-0.4, -0.2) is 20.2 Å². The molecule has 23 heavy (non-hydrogen) atoms. The van der Waals surface area contributed by atoms with E-state index < -0.39 is 0 Å². The molecule has 2 rings (SSSR count). The maximum absolute atomic E-state index is 11.3. The lowest BCUT2D eigenvalue weighted by atomic mass is 10.1. The lowest BCUT2D eigenvalue weighted by molar-refractivity contribution is -0.139. The molecule has 0 aliphatic heterocycles. The van der Waals surface area contributed by atoms with Gasteiger partial charge in [0.2, 0.25) is 0 Å². The van der Waals surface area contributed by atoms with Gasteiger partial charge >= 0.3 is 5.97 Å². The fraction of sp³-hybridized carbons (Fsp3) is 0.188. The third kappa shape index (κ3) is 3.97. The average Bonchev–Trinajstić information content (AvgIpc) is 2.57. The monoisotopic (exact) mass is 316 g/mol. The lowest BCUT2D eigenvalue weighted by Crippen LogP contribution is -2.04. The molecule has 0 saturated carbocycles. The van der Waals surface area contributed by atoms with Crippen molar-refractivity contribution in [2.45, 2.75) is 6.42 Å². The van der Waals surface area contributed by atoms with Gasteiger partial charge in [-0.05, 0) is 41.1 Å². The number of carbonyl (C=O) groups excluding carboxylic acids is 1. The highest BCUT2D eigenvalue weighted by Gasteiger charge is 2.12. The standard InChI is InChI=1S/C16H16N2O5/c1-21-15-7-10(8-16(19)22-2)3-5-14(15)23-13-6-4-11(17)9-12(13)18-20/h3-7,9H,8,17H2,1-2H3. The maximum Gasteiger partial charge on any atom is 0.309 e. The third-order valence-electron chi connectivity index (χ3n) is 3.11. The zero-order valence-corrected chi connectivity index (χ0v) is 12.7. The minimum absolute atomic E-state index is 0.0886. The Morgan fingerprint density at radius 1 is 1.09 bits per heavy atom. The predicted molar refractivity (Wildman–Crippen MR) is 85.1 cm³/mol. The number of hydrogen-bond donors (Lipinski definition) is 1. The Kier molecular flexibility index (Phi) is 5.14. The zero-order chi connectivity index (χ0) is 16.8. The molecule has 0 heterocycles. The highest BCUT2D eigenvalue weighted by Crippen LogP contribution is 2.37. The van der Waals surface area contributed by atoms with Gasteiger partial charge in [0.15, 0.2) is 22.9 Å². The van der Waals surface area contributed by atoms with Crippen molar-refractivity contribution in [3.05, 3.63) is 46.9 Å². The molecule has 0 unspecified atom stereocenters. The summed E-state index contributed by atoms with van der Waals surface area (Å²) in [6.45, 7) is 0. The maximum atomic E-state index is 11.3. The molecule has 0 aliphatic carbocycles. The number of methoxy groups -OCH3 is 2. The molecule has 0 spiro atoms. The molecule has 120 valence electrons. The van der Waals surface area contributed by atoms with Crippen LogP contribution in [0.5, 0.6) is 17.2 Å². The van der Waals surface area contributed by atoms with E-state index >= 15 is 0 Å². The number of hydrogen-bond acceptors (Lipinski definition) is 7. The first-order chi connectivity index (χ1) is 11.1. The number of nitrogens with two attached hydrogens (primary N) is 1. The summed E-state index contributed by atoms with van der Waals surface area (Å²) in [7, 11) is 2.80. The number of rotatable bonds is 6. The number of nitrogens with zero attached hydrogens (tertiary/aromatic N) is 1. The Morgan fingerprint density at radius 3 is 2.48 bits per heavy atom. The van der Waals surface area contributed by atoms with E-state index in [-0.39, 0.29) is 23.8 Å². The summed E-state index contributed by atoms with van der Waals surface area (Å²) in [5.41, 5.74) is 6.82. The first-order valence-electron chi connectivity index (χ1n) is 6.72. The van der Waals surface area contributed by atoms with Crippen molar-refractivity contribution >= 4 is 17.3 Å². The Labute approximate surface area is 132 Å². The van der Waals surface area contributed by atoms with Crippen molar-refractivity contribution in [3.63, 3.8) is 0 Å². The number of anilines is 1. The van der Waals surface area contributed by atoms with Crippen molar-refractivity contribution in [1.82, 2.24) is 0 Å². The molecule has 0 atom stereocenters. The van der Waals surface area contributed by atoms with Gasteiger partial charge in [0.05, 0.1) is 20.6 Å². The van der Waals surface area contributed by atoms with Crippen LogP contribution in [0.4, 0.5) is 11.4 Å². The normalized spacial score (nSPS) is 10.0. The second-order valence-corrected chi connectivity index (χ2v) is 4.66. The van der Waals surface area contributed by atoms with Gasteiger partial charge in [0.25, 0.3) is 0 Å². The van der Waals surface area contributed by atoms with Gasteiger partial charge in [0, 0.05) is 5.69 Å². The van der Waals surface area contributed by atoms with E-state index in [4.69, 9.17) is 15.2 Å². The van der Waals surface area contributed by atoms with E-state index in [0.29, 0.717) is 22.7 Å². The summed E-state index contributed by atoms with van der Waals surface area (Å²) in [6, 6.07) is 9.58. The summed E-state index contributed by atoms with van der Waals surface area (Å²) in [5.74, 6) is 0.704. The number of nitroso groups, excluding NO2 is 1. The third-order valence-corrected chi connectivity index (χ3v) is 3.11. The van der Waals surface area contributed by atoms with Gasteiger partial charge in [0.1, 0.15) is 0 Å². The molecule has 0 aliphatic rings. The molecule has 0 amide bonds. The van der Waals surface area contributed by atoms with Crippen LogP contribution in [0.2, 0.25) is 0 Å². The molecule has 0 radical (unpaired) electrons. The van der Waals surface area contributed by atoms with Gasteiger partial charge in [-0.3, -0.25) is 4.79 Å². The van der Waals surface area contributed by atoms with E-state index in [1.165, 1.54) is 20.3 Å². The van der Waals surface area contributed by atoms with Crippen LogP contribution in [0.15, 0.2) is 41.6 Å². The molecule has 0 saturated heterocycles. The van der Waals surface area contributed by atoms with Gasteiger partial charge in [-0.25, -0.2) is 0 Å². The van der Waals surface area contributed by atoms with Crippen LogP contribution in [0.1, 0.15) is 5.56 Å². The minimum Gasteiger partial charge on any atom is -0.493 e. The first-order valence-corrected chi connectivity index (χ1v) is 6.72. The van der Waals surface area contributed by atoms with Gasteiger partial charge in [-0.2, -0.15) is 0 Å². The molecule has 2 aromatic carbocycles. The average molecular weight is 316 g/mol. The Bertz CT molecular complexity index is 730. The quantitative estimate of drug-likeness (QED) is 0.499. The molecular formula is C16H16N2O5. The number of carbonyl (C=O) groups is 1. The number of nitrogen functional groups attached to an aromatic ring is 1. The largest absolute Gasteiger partial charge is 0.493 e. The van der Waals surface area contributed by atoms with E-state index in [1.54, 1.807) is 30.3 Å². The number of ether oxygens (including phenoxy) is 3. The minimum atomic E-state index is -0.355. The second kappa shape index (κ2) is 7.26.